The lowest BCUT2D eigenvalue weighted by Gasteiger charge is -2.27. The van der Waals surface area contributed by atoms with E-state index in [2.05, 4.69) is 17.2 Å². The Hall–Kier alpha value is -2.30. The monoisotopic (exact) mass is 316 g/mol. The quantitative estimate of drug-likeness (QED) is 0.793. The zero-order valence-electron chi connectivity index (χ0n) is 13.5. The van der Waals surface area contributed by atoms with Gasteiger partial charge in [0, 0.05) is 30.1 Å². The SMILES string of the molecule is C=CCNC(=O)C1CCC(C(=O)Nc2cccc(OC)c2)CC1. The van der Waals surface area contributed by atoms with Gasteiger partial charge in [-0.05, 0) is 37.8 Å². The summed E-state index contributed by atoms with van der Waals surface area (Å²) in [7, 11) is 1.60. The Morgan fingerprint density at radius 3 is 2.48 bits per heavy atom. The number of carbonyl (C=O) groups excluding carboxylic acids is 2. The van der Waals surface area contributed by atoms with Crippen LogP contribution in [-0.2, 0) is 9.59 Å². The number of carbonyl (C=O) groups is 2. The van der Waals surface area contributed by atoms with Crippen LogP contribution in [0.25, 0.3) is 0 Å². The summed E-state index contributed by atoms with van der Waals surface area (Å²) in [5, 5.41) is 5.76. The van der Waals surface area contributed by atoms with Crippen LogP contribution in [-0.4, -0.2) is 25.5 Å². The number of nitrogens with one attached hydrogen (secondary N) is 2. The van der Waals surface area contributed by atoms with E-state index in [0.29, 0.717) is 12.3 Å². The zero-order chi connectivity index (χ0) is 16.7. The minimum Gasteiger partial charge on any atom is -0.497 e. The summed E-state index contributed by atoms with van der Waals surface area (Å²) in [5.41, 5.74) is 0.736. The Bertz CT molecular complexity index is 563. The van der Waals surface area contributed by atoms with Crippen LogP contribution >= 0.6 is 0 Å². The van der Waals surface area contributed by atoms with Crippen LogP contribution in [0.1, 0.15) is 25.7 Å². The highest BCUT2D eigenvalue weighted by Crippen LogP contribution is 2.30. The van der Waals surface area contributed by atoms with Crippen LogP contribution < -0.4 is 15.4 Å². The van der Waals surface area contributed by atoms with Crippen LogP contribution in [0.15, 0.2) is 36.9 Å². The van der Waals surface area contributed by atoms with E-state index >= 15 is 0 Å². The molecule has 5 nitrogen and oxygen atoms in total. The lowest BCUT2D eigenvalue weighted by molar-refractivity contribution is -0.128. The van der Waals surface area contributed by atoms with E-state index in [4.69, 9.17) is 4.74 Å². The van der Waals surface area contributed by atoms with Gasteiger partial charge >= 0.3 is 0 Å². The van der Waals surface area contributed by atoms with Gasteiger partial charge in [0.25, 0.3) is 0 Å². The molecular weight excluding hydrogens is 292 g/mol. The van der Waals surface area contributed by atoms with Crippen molar-refractivity contribution in [2.45, 2.75) is 25.7 Å². The summed E-state index contributed by atoms with van der Waals surface area (Å²) in [6.07, 6.45) is 4.65. The summed E-state index contributed by atoms with van der Waals surface area (Å²) in [6, 6.07) is 7.32. The molecule has 0 atom stereocenters. The van der Waals surface area contributed by atoms with Crippen molar-refractivity contribution in [2.75, 3.05) is 19.0 Å². The maximum absolute atomic E-state index is 12.3. The van der Waals surface area contributed by atoms with Gasteiger partial charge < -0.3 is 15.4 Å². The average Bonchev–Trinajstić information content (AvgIpc) is 2.60. The molecule has 1 aromatic carbocycles. The molecule has 1 aliphatic rings. The van der Waals surface area contributed by atoms with Crippen molar-refractivity contribution < 1.29 is 14.3 Å². The molecule has 124 valence electrons. The highest BCUT2D eigenvalue weighted by molar-refractivity contribution is 5.93. The lowest BCUT2D eigenvalue weighted by Crippen LogP contribution is -2.35. The van der Waals surface area contributed by atoms with Gasteiger partial charge in [0.2, 0.25) is 11.8 Å². The molecule has 0 aromatic heterocycles. The van der Waals surface area contributed by atoms with Gasteiger partial charge in [-0.2, -0.15) is 0 Å². The topological polar surface area (TPSA) is 67.4 Å². The zero-order valence-corrected chi connectivity index (χ0v) is 13.5. The van der Waals surface area contributed by atoms with Gasteiger partial charge in [0.15, 0.2) is 0 Å². The second kappa shape index (κ2) is 8.36. The molecule has 0 spiro atoms. The number of anilines is 1. The average molecular weight is 316 g/mol. The first kappa shape index (κ1) is 17.1. The number of hydrogen-bond donors (Lipinski definition) is 2. The number of rotatable bonds is 6. The third-order valence-electron chi connectivity index (χ3n) is 4.23. The standard InChI is InChI=1S/C18H24N2O3/c1-3-11-19-17(21)13-7-9-14(10-8-13)18(22)20-15-5-4-6-16(12-15)23-2/h3-6,12-14H,1,7-11H2,2H3,(H,19,21)(H,20,22). The Labute approximate surface area is 137 Å². The van der Waals surface area contributed by atoms with Crippen LogP contribution in [0.2, 0.25) is 0 Å². The van der Waals surface area contributed by atoms with Crippen LogP contribution in [0.5, 0.6) is 5.75 Å². The van der Waals surface area contributed by atoms with E-state index in [9.17, 15) is 9.59 Å². The highest BCUT2D eigenvalue weighted by Gasteiger charge is 2.29. The number of amides is 2. The van der Waals surface area contributed by atoms with Gasteiger partial charge in [-0.15, -0.1) is 6.58 Å². The molecule has 0 radical (unpaired) electrons. The first-order valence-electron chi connectivity index (χ1n) is 7.97. The van der Waals surface area contributed by atoms with Crippen molar-refractivity contribution in [1.82, 2.24) is 5.32 Å². The fraction of sp³-hybridized carbons (Fsp3) is 0.444. The third kappa shape index (κ3) is 4.84. The minimum absolute atomic E-state index is 0.0100. The van der Waals surface area contributed by atoms with Gasteiger partial charge in [-0.1, -0.05) is 12.1 Å². The lowest BCUT2D eigenvalue weighted by atomic mass is 9.81. The molecular formula is C18H24N2O3. The fourth-order valence-corrected chi connectivity index (χ4v) is 2.88. The van der Waals surface area contributed by atoms with Gasteiger partial charge in [-0.3, -0.25) is 9.59 Å². The maximum Gasteiger partial charge on any atom is 0.227 e. The molecule has 0 unspecified atom stereocenters. The van der Waals surface area contributed by atoms with E-state index in [0.717, 1.165) is 31.4 Å². The van der Waals surface area contributed by atoms with Crippen molar-refractivity contribution in [2.24, 2.45) is 11.8 Å². The van der Waals surface area contributed by atoms with E-state index in [1.54, 1.807) is 19.3 Å². The molecule has 1 aromatic rings. The van der Waals surface area contributed by atoms with E-state index < -0.39 is 0 Å². The normalized spacial score (nSPS) is 20.4. The first-order valence-corrected chi connectivity index (χ1v) is 7.97. The molecule has 1 saturated carbocycles. The summed E-state index contributed by atoms with van der Waals surface area (Å²) in [4.78, 5) is 24.3. The fourth-order valence-electron chi connectivity index (χ4n) is 2.88. The number of methoxy groups -OCH3 is 1. The molecule has 2 amide bonds. The molecule has 0 aliphatic heterocycles. The van der Waals surface area contributed by atoms with E-state index in [-0.39, 0.29) is 23.7 Å². The summed E-state index contributed by atoms with van der Waals surface area (Å²) in [5.74, 6) is 0.769. The Morgan fingerprint density at radius 1 is 1.22 bits per heavy atom. The second-order valence-corrected chi connectivity index (χ2v) is 5.80. The van der Waals surface area contributed by atoms with Crippen molar-refractivity contribution in [3.8, 4) is 5.75 Å². The maximum atomic E-state index is 12.3. The molecule has 23 heavy (non-hydrogen) atoms. The van der Waals surface area contributed by atoms with E-state index in [1.807, 2.05) is 18.2 Å². The largest absolute Gasteiger partial charge is 0.497 e. The molecule has 1 fully saturated rings. The van der Waals surface area contributed by atoms with E-state index in [1.165, 1.54) is 0 Å². The minimum atomic E-state index is -0.0374. The van der Waals surface area contributed by atoms with Crippen LogP contribution in [0.4, 0.5) is 5.69 Å². The van der Waals surface area contributed by atoms with Gasteiger partial charge in [0.1, 0.15) is 5.75 Å². The molecule has 2 rings (SSSR count). The van der Waals surface area contributed by atoms with Crippen molar-refractivity contribution in [1.29, 1.82) is 0 Å². The van der Waals surface area contributed by atoms with Crippen LogP contribution in [0, 0.1) is 11.8 Å². The Kier molecular flexibility index (Phi) is 6.20. The van der Waals surface area contributed by atoms with Gasteiger partial charge in [0.05, 0.1) is 7.11 Å². The highest BCUT2D eigenvalue weighted by atomic mass is 16.5. The molecule has 5 heteroatoms. The predicted octanol–water partition coefficient (Wildman–Crippen LogP) is 2.74. The van der Waals surface area contributed by atoms with Crippen molar-refractivity contribution in [3.63, 3.8) is 0 Å². The summed E-state index contributed by atoms with van der Waals surface area (Å²) < 4.78 is 5.15. The summed E-state index contributed by atoms with van der Waals surface area (Å²) in [6.45, 7) is 4.08. The first-order chi connectivity index (χ1) is 11.1. The Balaban J connectivity index is 1.83. The molecule has 1 aliphatic carbocycles. The Morgan fingerprint density at radius 2 is 1.87 bits per heavy atom. The molecule has 0 saturated heterocycles. The van der Waals surface area contributed by atoms with Crippen molar-refractivity contribution in [3.05, 3.63) is 36.9 Å². The number of ether oxygens (including phenoxy) is 1. The van der Waals surface area contributed by atoms with Gasteiger partial charge in [-0.25, -0.2) is 0 Å². The molecule has 0 bridgehead atoms. The second-order valence-electron chi connectivity index (χ2n) is 5.80. The van der Waals surface area contributed by atoms with Crippen LogP contribution in [0.3, 0.4) is 0 Å². The number of hydrogen-bond acceptors (Lipinski definition) is 3. The predicted molar refractivity (Wildman–Crippen MR) is 90.3 cm³/mol. The number of benzene rings is 1. The summed E-state index contributed by atoms with van der Waals surface area (Å²) >= 11 is 0. The van der Waals surface area contributed by atoms with Crippen molar-refractivity contribution >= 4 is 17.5 Å². The third-order valence-corrected chi connectivity index (χ3v) is 4.23. The molecule has 2 N–H and O–H groups in total. The molecule has 0 heterocycles. The smallest absolute Gasteiger partial charge is 0.227 e.